The van der Waals surface area contributed by atoms with Gasteiger partial charge in [0, 0.05) is 18.5 Å². The minimum Gasteiger partial charge on any atom is -0.396 e. The third kappa shape index (κ3) is 3.40. The smallest absolute Gasteiger partial charge is 0.251 e. The van der Waals surface area contributed by atoms with E-state index in [1.807, 2.05) is 0 Å². The molecule has 106 valence electrons. The standard InChI is InChI=1S/C12H12Cl2N4O2/c1-6-17-10(20-18-6)2-3-16-12(19)7-4-8(13)11(15)9(14)5-7/h4-5H,2-3,15H2,1H3,(H,16,19). The zero-order valence-corrected chi connectivity index (χ0v) is 12.1. The van der Waals surface area contributed by atoms with Crippen molar-refractivity contribution in [3.05, 3.63) is 39.5 Å². The molecule has 3 N–H and O–H groups in total. The Labute approximate surface area is 125 Å². The Morgan fingerprint density at radius 1 is 1.40 bits per heavy atom. The van der Waals surface area contributed by atoms with Gasteiger partial charge in [0.25, 0.3) is 5.91 Å². The van der Waals surface area contributed by atoms with Crippen LogP contribution in [0.4, 0.5) is 5.69 Å². The summed E-state index contributed by atoms with van der Waals surface area (Å²) in [4.78, 5) is 16.0. The fourth-order valence-corrected chi connectivity index (χ4v) is 2.03. The van der Waals surface area contributed by atoms with E-state index >= 15 is 0 Å². The van der Waals surface area contributed by atoms with E-state index in [1.54, 1.807) is 6.92 Å². The summed E-state index contributed by atoms with van der Waals surface area (Å²) >= 11 is 11.7. The summed E-state index contributed by atoms with van der Waals surface area (Å²) in [6.45, 7) is 2.09. The van der Waals surface area contributed by atoms with Crippen molar-refractivity contribution in [3.63, 3.8) is 0 Å². The van der Waals surface area contributed by atoms with Gasteiger partial charge in [-0.1, -0.05) is 28.4 Å². The first-order chi connectivity index (χ1) is 9.47. The van der Waals surface area contributed by atoms with Crippen LogP contribution in [0.2, 0.25) is 10.0 Å². The average Bonchev–Trinajstić information content (AvgIpc) is 2.81. The molecule has 0 spiro atoms. The number of carbonyl (C=O) groups excluding carboxylic acids is 1. The monoisotopic (exact) mass is 314 g/mol. The van der Waals surface area contributed by atoms with Crippen LogP contribution in [0.5, 0.6) is 0 Å². The van der Waals surface area contributed by atoms with Crippen molar-refractivity contribution < 1.29 is 9.32 Å². The van der Waals surface area contributed by atoms with Gasteiger partial charge in [-0.25, -0.2) is 0 Å². The maximum atomic E-state index is 11.9. The maximum Gasteiger partial charge on any atom is 0.251 e. The molecule has 0 aliphatic carbocycles. The van der Waals surface area contributed by atoms with Gasteiger partial charge in [-0.2, -0.15) is 4.98 Å². The first-order valence-corrected chi connectivity index (χ1v) is 6.55. The predicted molar refractivity (Wildman–Crippen MR) is 75.9 cm³/mol. The summed E-state index contributed by atoms with van der Waals surface area (Å²) in [5, 5.41) is 6.85. The molecule has 8 heteroatoms. The summed E-state index contributed by atoms with van der Waals surface area (Å²) in [6, 6.07) is 2.93. The molecule has 0 radical (unpaired) electrons. The topological polar surface area (TPSA) is 94.0 Å². The van der Waals surface area contributed by atoms with Crippen LogP contribution < -0.4 is 11.1 Å². The minimum absolute atomic E-state index is 0.246. The van der Waals surface area contributed by atoms with Crippen LogP contribution in [0.3, 0.4) is 0 Å². The van der Waals surface area contributed by atoms with Crippen molar-refractivity contribution in [2.24, 2.45) is 0 Å². The van der Waals surface area contributed by atoms with Crippen LogP contribution in [0, 0.1) is 6.92 Å². The molecular formula is C12H12Cl2N4O2. The van der Waals surface area contributed by atoms with E-state index in [-0.39, 0.29) is 21.6 Å². The quantitative estimate of drug-likeness (QED) is 0.844. The van der Waals surface area contributed by atoms with E-state index in [0.29, 0.717) is 30.2 Å². The molecule has 0 unspecified atom stereocenters. The van der Waals surface area contributed by atoms with E-state index in [2.05, 4.69) is 15.5 Å². The lowest BCUT2D eigenvalue weighted by Gasteiger charge is -2.07. The Morgan fingerprint density at radius 3 is 2.60 bits per heavy atom. The lowest BCUT2D eigenvalue weighted by Crippen LogP contribution is -2.25. The number of anilines is 1. The Balaban J connectivity index is 1.95. The SMILES string of the molecule is Cc1noc(CCNC(=O)c2cc(Cl)c(N)c(Cl)c2)n1. The highest BCUT2D eigenvalue weighted by atomic mass is 35.5. The second-order valence-electron chi connectivity index (χ2n) is 4.09. The number of nitrogens with one attached hydrogen (secondary N) is 1. The fourth-order valence-electron chi connectivity index (χ4n) is 1.54. The van der Waals surface area contributed by atoms with Gasteiger partial charge in [-0.05, 0) is 19.1 Å². The third-order valence-corrected chi connectivity index (χ3v) is 3.16. The normalized spacial score (nSPS) is 10.6. The number of hydrogen-bond acceptors (Lipinski definition) is 5. The molecule has 1 amide bonds. The molecule has 1 aromatic carbocycles. The van der Waals surface area contributed by atoms with Crippen molar-refractivity contribution in [3.8, 4) is 0 Å². The molecule has 1 heterocycles. The van der Waals surface area contributed by atoms with Gasteiger partial charge < -0.3 is 15.6 Å². The zero-order valence-electron chi connectivity index (χ0n) is 10.6. The summed E-state index contributed by atoms with van der Waals surface area (Å²) in [7, 11) is 0. The van der Waals surface area contributed by atoms with E-state index in [0.717, 1.165) is 0 Å². The highest BCUT2D eigenvalue weighted by Crippen LogP contribution is 2.28. The number of benzene rings is 1. The van der Waals surface area contributed by atoms with Gasteiger partial charge >= 0.3 is 0 Å². The van der Waals surface area contributed by atoms with Crippen molar-refractivity contribution in [2.75, 3.05) is 12.3 Å². The average molecular weight is 315 g/mol. The van der Waals surface area contributed by atoms with Crippen LogP contribution in [0.1, 0.15) is 22.1 Å². The number of amides is 1. The second-order valence-corrected chi connectivity index (χ2v) is 4.91. The molecule has 0 aliphatic rings. The van der Waals surface area contributed by atoms with Crippen molar-refractivity contribution in [1.82, 2.24) is 15.5 Å². The second kappa shape index (κ2) is 6.11. The lowest BCUT2D eigenvalue weighted by molar-refractivity contribution is 0.0953. The molecule has 0 fully saturated rings. The molecule has 1 aromatic heterocycles. The molecule has 20 heavy (non-hydrogen) atoms. The van der Waals surface area contributed by atoms with E-state index in [9.17, 15) is 4.79 Å². The van der Waals surface area contributed by atoms with Gasteiger partial charge in [-0.3, -0.25) is 4.79 Å². The third-order valence-electron chi connectivity index (χ3n) is 2.54. The van der Waals surface area contributed by atoms with Crippen LogP contribution >= 0.6 is 23.2 Å². The van der Waals surface area contributed by atoms with Gasteiger partial charge in [-0.15, -0.1) is 0 Å². The molecule has 0 atom stereocenters. The number of carbonyl (C=O) groups is 1. The van der Waals surface area contributed by atoms with E-state index < -0.39 is 0 Å². The van der Waals surface area contributed by atoms with Crippen molar-refractivity contribution in [1.29, 1.82) is 0 Å². The largest absolute Gasteiger partial charge is 0.396 e. The van der Waals surface area contributed by atoms with Gasteiger partial charge in [0.1, 0.15) is 0 Å². The number of nitrogens with zero attached hydrogens (tertiary/aromatic N) is 2. The molecule has 0 saturated heterocycles. The molecule has 2 aromatic rings. The number of rotatable bonds is 4. The van der Waals surface area contributed by atoms with Crippen LogP contribution in [-0.4, -0.2) is 22.6 Å². The zero-order chi connectivity index (χ0) is 14.7. The van der Waals surface area contributed by atoms with E-state index in [4.69, 9.17) is 33.5 Å². The summed E-state index contributed by atoms with van der Waals surface area (Å²) in [5.41, 5.74) is 6.21. The first-order valence-electron chi connectivity index (χ1n) is 5.79. The number of nitrogen functional groups attached to an aromatic ring is 1. The number of hydrogen-bond donors (Lipinski definition) is 2. The fraction of sp³-hybridized carbons (Fsp3) is 0.250. The van der Waals surface area contributed by atoms with Crippen LogP contribution in [0.25, 0.3) is 0 Å². The number of aromatic nitrogens is 2. The summed E-state index contributed by atoms with van der Waals surface area (Å²) in [5.74, 6) is 0.727. The summed E-state index contributed by atoms with van der Waals surface area (Å²) < 4.78 is 4.93. The highest BCUT2D eigenvalue weighted by molar-refractivity contribution is 6.39. The molecule has 2 rings (SSSR count). The lowest BCUT2D eigenvalue weighted by atomic mass is 10.2. The van der Waals surface area contributed by atoms with Gasteiger partial charge in [0.2, 0.25) is 5.89 Å². The number of halogens is 2. The van der Waals surface area contributed by atoms with Gasteiger partial charge in [0.15, 0.2) is 5.82 Å². The Morgan fingerprint density at radius 2 is 2.05 bits per heavy atom. The van der Waals surface area contributed by atoms with E-state index in [1.165, 1.54) is 12.1 Å². The molecule has 0 aliphatic heterocycles. The minimum atomic E-state index is -0.301. The number of aryl methyl sites for hydroxylation is 1. The van der Waals surface area contributed by atoms with Crippen LogP contribution in [0.15, 0.2) is 16.7 Å². The highest BCUT2D eigenvalue weighted by Gasteiger charge is 2.11. The first kappa shape index (κ1) is 14.6. The van der Waals surface area contributed by atoms with Crippen molar-refractivity contribution in [2.45, 2.75) is 13.3 Å². The van der Waals surface area contributed by atoms with Gasteiger partial charge in [0.05, 0.1) is 15.7 Å². The molecule has 0 saturated carbocycles. The summed E-state index contributed by atoms with van der Waals surface area (Å²) in [6.07, 6.45) is 0.447. The Kier molecular flexibility index (Phi) is 4.46. The van der Waals surface area contributed by atoms with Crippen molar-refractivity contribution >= 4 is 34.8 Å². The Bertz CT molecular complexity index is 619. The Hall–Kier alpha value is -1.79. The maximum absolute atomic E-state index is 11.9. The number of nitrogens with two attached hydrogens (primary N) is 1. The van der Waals surface area contributed by atoms with Crippen LogP contribution in [-0.2, 0) is 6.42 Å². The molecule has 0 bridgehead atoms. The molecule has 6 nitrogen and oxygen atoms in total. The predicted octanol–water partition coefficient (Wildman–Crippen LogP) is 2.24. The molecular weight excluding hydrogens is 303 g/mol.